The van der Waals surface area contributed by atoms with Crippen molar-refractivity contribution in [2.24, 2.45) is 5.92 Å². The molecule has 0 saturated heterocycles. The fourth-order valence-electron chi connectivity index (χ4n) is 2.43. The average Bonchev–Trinajstić information content (AvgIpc) is 3.01. The molecule has 1 N–H and O–H groups in total. The standard InChI is InChI=1S/C17H21N3O3/c1-17(2,3)16-19-14(23-20-16)9-18-15(21)12-8-11-6-4-5-7-13(11)22-10-12/h4-7,12H,8-10H2,1-3H3,(H,18,21)/t12-/m0/s1. The van der Waals surface area contributed by atoms with E-state index in [4.69, 9.17) is 9.26 Å². The third-order valence-electron chi connectivity index (χ3n) is 3.80. The summed E-state index contributed by atoms with van der Waals surface area (Å²) in [6.07, 6.45) is 0.680. The number of carbonyl (C=O) groups excluding carboxylic acids is 1. The number of hydrogen-bond acceptors (Lipinski definition) is 5. The summed E-state index contributed by atoms with van der Waals surface area (Å²) in [6, 6.07) is 7.80. The molecule has 0 spiro atoms. The highest BCUT2D eigenvalue weighted by Crippen LogP contribution is 2.26. The zero-order valence-electron chi connectivity index (χ0n) is 13.6. The smallest absolute Gasteiger partial charge is 0.246 e. The van der Waals surface area contributed by atoms with Crippen LogP contribution >= 0.6 is 0 Å². The van der Waals surface area contributed by atoms with Gasteiger partial charge in [0.05, 0.1) is 12.5 Å². The molecule has 0 aliphatic carbocycles. The molecule has 1 aliphatic heterocycles. The second-order valence-corrected chi connectivity index (χ2v) is 6.80. The molecule has 6 nitrogen and oxygen atoms in total. The lowest BCUT2D eigenvalue weighted by molar-refractivity contribution is -0.126. The first-order chi connectivity index (χ1) is 10.9. The topological polar surface area (TPSA) is 77.2 Å². The van der Waals surface area contributed by atoms with Crippen LogP contribution < -0.4 is 10.1 Å². The maximum absolute atomic E-state index is 12.3. The molecular weight excluding hydrogens is 294 g/mol. The summed E-state index contributed by atoms with van der Waals surface area (Å²) in [5, 5.41) is 6.79. The number of nitrogens with zero attached hydrogens (tertiary/aromatic N) is 2. The zero-order valence-corrected chi connectivity index (χ0v) is 13.6. The van der Waals surface area contributed by atoms with Crippen LogP contribution in [0.25, 0.3) is 0 Å². The van der Waals surface area contributed by atoms with Crippen LogP contribution in [-0.4, -0.2) is 22.7 Å². The van der Waals surface area contributed by atoms with Gasteiger partial charge < -0.3 is 14.6 Å². The molecule has 0 radical (unpaired) electrons. The molecule has 1 amide bonds. The van der Waals surface area contributed by atoms with Crippen LogP contribution in [0.15, 0.2) is 28.8 Å². The first-order valence-corrected chi connectivity index (χ1v) is 7.75. The molecule has 2 aromatic rings. The zero-order chi connectivity index (χ0) is 16.4. The van der Waals surface area contributed by atoms with Crippen LogP contribution in [0.1, 0.15) is 38.0 Å². The number of para-hydroxylation sites is 1. The summed E-state index contributed by atoms with van der Waals surface area (Å²) in [7, 11) is 0. The van der Waals surface area contributed by atoms with E-state index in [0.29, 0.717) is 24.7 Å². The number of aromatic nitrogens is 2. The van der Waals surface area contributed by atoms with Gasteiger partial charge in [-0.1, -0.05) is 44.1 Å². The van der Waals surface area contributed by atoms with E-state index >= 15 is 0 Å². The highest BCUT2D eigenvalue weighted by molar-refractivity contribution is 5.79. The average molecular weight is 315 g/mol. The van der Waals surface area contributed by atoms with Crippen molar-refractivity contribution >= 4 is 5.91 Å². The SMILES string of the molecule is CC(C)(C)c1noc(CNC(=O)[C@@H]2COc3ccccc3C2)n1. The third kappa shape index (κ3) is 3.52. The minimum Gasteiger partial charge on any atom is -0.492 e. The van der Waals surface area contributed by atoms with Crippen molar-refractivity contribution in [3.05, 3.63) is 41.5 Å². The summed E-state index contributed by atoms with van der Waals surface area (Å²) >= 11 is 0. The largest absolute Gasteiger partial charge is 0.492 e. The molecular formula is C17H21N3O3. The van der Waals surface area contributed by atoms with Crippen molar-refractivity contribution in [1.29, 1.82) is 0 Å². The highest BCUT2D eigenvalue weighted by atomic mass is 16.5. The quantitative estimate of drug-likeness (QED) is 0.940. The van der Waals surface area contributed by atoms with Crippen molar-refractivity contribution < 1.29 is 14.1 Å². The maximum Gasteiger partial charge on any atom is 0.246 e. The molecule has 0 fully saturated rings. The van der Waals surface area contributed by atoms with Crippen molar-refractivity contribution in [1.82, 2.24) is 15.5 Å². The second kappa shape index (κ2) is 6.02. The number of amides is 1. The molecule has 1 aliphatic rings. The number of fused-ring (bicyclic) bond motifs is 1. The molecule has 1 aromatic carbocycles. The van der Waals surface area contributed by atoms with Gasteiger partial charge in [-0.3, -0.25) is 4.79 Å². The number of ether oxygens (including phenoxy) is 1. The number of rotatable bonds is 3. The normalized spacial score (nSPS) is 17.3. The summed E-state index contributed by atoms with van der Waals surface area (Å²) in [4.78, 5) is 16.6. The first-order valence-electron chi connectivity index (χ1n) is 7.75. The minimum atomic E-state index is -0.199. The van der Waals surface area contributed by atoms with Crippen molar-refractivity contribution in [3.8, 4) is 5.75 Å². The van der Waals surface area contributed by atoms with Gasteiger partial charge in [-0.05, 0) is 18.1 Å². The van der Waals surface area contributed by atoms with Crippen LogP contribution in [0.3, 0.4) is 0 Å². The minimum absolute atomic E-state index is 0.0602. The molecule has 23 heavy (non-hydrogen) atoms. The van der Waals surface area contributed by atoms with Gasteiger partial charge in [0.1, 0.15) is 12.4 Å². The third-order valence-corrected chi connectivity index (χ3v) is 3.80. The maximum atomic E-state index is 12.3. The Kier molecular flexibility index (Phi) is 4.07. The Morgan fingerprint density at radius 3 is 2.87 bits per heavy atom. The van der Waals surface area contributed by atoms with E-state index in [-0.39, 0.29) is 23.8 Å². The molecule has 0 bridgehead atoms. The van der Waals surface area contributed by atoms with E-state index in [2.05, 4.69) is 15.5 Å². The van der Waals surface area contributed by atoms with Gasteiger partial charge in [0, 0.05) is 5.41 Å². The summed E-state index contributed by atoms with van der Waals surface area (Å²) < 4.78 is 10.8. The number of hydrogen-bond donors (Lipinski definition) is 1. The molecule has 122 valence electrons. The Hall–Kier alpha value is -2.37. The summed E-state index contributed by atoms with van der Waals surface area (Å²) in [5.41, 5.74) is 0.888. The van der Waals surface area contributed by atoms with Crippen LogP contribution in [0.2, 0.25) is 0 Å². The van der Waals surface area contributed by atoms with Gasteiger partial charge in [0.15, 0.2) is 5.82 Å². The fourth-order valence-corrected chi connectivity index (χ4v) is 2.43. The lowest BCUT2D eigenvalue weighted by Gasteiger charge is -2.24. The van der Waals surface area contributed by atoms with Gasteiger partial charge >= 0.3 is 0 Å². The van der Waals surface area contributed by atoms with Gasteiger partial charge in [-0.2, -0.15) is 4.98 Å². The Morgan fingerprint density at radius 2 is 2.13 bits per heavy atom. The van der Waals surface area contributed by atoms with Crippen molar-refractivity contribution in [2.75, 3.05) is 6.61 Å². The lowest BCUT2D eigenvalue weighted by atomic mass is 9.96. The van der Waals surface area contributed by atoms with E-state index in [0.717, 1.165) is 11.3 Å². The predicted molar refractivity (Wildman–Crippen MR) is 84.0 cm³/mol. The van der Waals surface area contributed by atoms with E-state index in [1.165, 1.54) is 0 Å². The molecule has 1 aromatic heterocycles. The predicted octanol–water partition coefficient (Wildman–Crippen LogP) is 2.23. The van der Waals surface area contributed by atoms with Gasteiger partial charge in [-0.25, -0.2) is 0 Å². The Bertz CT molecular complexity index is 703. The molecule has 0 unspecified atom stereocenters. The van der Waals surface area contributed by atoms with Gasteiger partial charge in [0.2, 0.25) is 11.8 Å². The molecule has 0 saturated carbocycles. The molecule has 1 atom stereocenters. The lowest BCUT2D eigenvalue weighted by Crippen LogP contribution is -2.37. The Morgan fingerprint density at radius 1 is 1.35 bits per heavy atom. The number of benzene rings is 1. The van der Waals surface area contributed by atoms with Crippen molar-refractivity contribution in [3.63, 3.8) is 0 Å². The molecule has 6 heteroatoms. The fraction of sp³-hybridized carbons (Fsp3) is 0.471. The van der Waals surface area contributed by atoms with E-state index in [9.17, 15) is 4.79 Å². The first kappa shape index (κ1) is 15.5. The van der Waals surface area contributed by atoms with Crippen LogP contribution in [0.4, 0.5) is 0 Å². The monoisotopic (exact) mass is 315 g/mol. The number of carbonyl (C=O) groups is 1. The Balaban J connectivity index is 1.57. The van der Waals surface area contributed by atoms with E-state index < -0.39 is 0 Å². The van der Waals surface area contributed by atoms with Crippen molar-refractivity contribution in [2.45, 2.75) is 39.2 Å². The van der Waals surface area contributed by atoms with Gasteiger partial charge in [-0.15, -0.1) is 0 Å². The second-order valence-electron chi connectivity index (χ2n) is 6.80. The summed E-state index contributed by atoms with van der Waals surface area (Å²) in [5.74, 6) is 1.66. The van der Waals surface area contributed by atoms with E-state index in [1.807, 2.05) is 45.0 Å². The van der Waals surface area contributed by atoms with Crippen LogP contribution in [0, 0.1) is 5.92 Å². The summed E-state index contributed by atoms with van der Waals surface area (Å²) in [6.45, 7) is 6.66. The molecule has 2 heterocycles. The highest BCUT2D eigenvalue weighted by Gasteiger charge is 2.26. The van der Waals surface area contributed by atoms with E-state index in [1.54, 1.807) is 0 Å². The number of nitrogens with one attached hydrogen (secondary N) is 1. The van der Waals surface area contributed by atoms with Crippen LogP contribution in [-0.2, 0) is 23.2 Å². The molecule has 3 rings (SSSR count). The van der Waals surface area contributed by atoms with Crippen LogP contribution in [0.5, 0.6) is 5.75 Å². The Labute approximate surface area is 135 Å². The van der Waals surface area contributed by atoms with Gasteiger partial charge in [0.25, 0.3) is 0 Å².